The maximum atomic E-state index is 14.3. The molecule has 1 fully saturated rings. The molecule has 128 valence electrons. The molecule has 3 rings (SSSR count). The Morgan fingerprint density at radius 3 is 2.42 bits per heavy atom. The molecule has 0 saturated heterocycles. The molecule has 0 radical (unpaired) electrons. The third-order valence-electron chi connectivity index (χ3n) is 4.87. The van der Waals surface area contributed by atoms with Crippen molar-refractivity contribution in [3.63, 3.8) is 0 Å². The van der Waals surface area contributed by atoms with Gasteiger partial charge in [-0.05, 0) is 43.2 Å². The molecule has 24 heavy (non-hydrogen) atoms. The molecule has 1 aliphatic carbocycles. The number of nitrogens with zero attached hydrogens (tertiary/aromatic N) is 2. The zero-order valence-corrected chi connectivity index (χ0v) is 14.3. The van der Waals surface area contributed by atoms with E-state index in [1.54, 1.807) is 19.3 Å². The summed E-state index contributed by atoms with van der Waals surface area (Å²) in [5.74, 6) is 1.17. The molecule has 4 atom stereocenters. The molecule has 0 spiro atoms. The van der Waals surface area contributed by atoms with Crippen molar-refractivity contribution in [3.05, 3.63) is 47.8 Å². The van der Waals surface area contributed by atoms with Gasteiger partial charge < -0.3 is 5.11 Å². The molecule has 1 aromatic carbocycles. The number of aliphatic hydroxyl groups excluding tert-OH is 1. The Bertz CT molecular complexity index is 654. The quantitative estimate of drug-likeness (QED) is 0.910. The molecular weight excluding hydrogens is 303 g/mol. The van der Waals surface area contributed by atoms with Crippen LogP contribution in [-0.2, 0) is 6.42 Å². The Morgan fingerprint density at radius 2 is 1.83 bits per heavy atom. The summed E-state index contributed by atoms with van der Waals surface area (Å²) in [6, 6.07) is 7.97. The number of hydrogen-bond acceptors (Lipinski definition) is 3. The predicted molar refractivity (Wildman–Crippen MR) is 93.5 cm³/mol. The summed E-state index contributed by atoms with van der Waals surface area (Å²) in [4.78, 5) is 8.75. The van der Waals surface area contributed by atoms with E-state index in [-0.39, 0.29) is 5.92 Å². The summed E-state index contributed by atoms with van der Waals surface area (Å²) >= 11 is 0. The molecule has 1 N–H and O–H groups in total. The number of aromatic nitrogens is 2. The van der Waals surface area contributed by atoms with Crippen LogP contribution < -0.4 is 0 Å². The lowest BCUT2D eigenvalue weighted by molar-refractivity contribution is 0.177. The van der Waals surface area contributed by atoms with Gasteiger partial charge in [0.15, 0.2) is 5.82 Å². The van der Waals surface area contributed by atoms with Crippen LogP contribution in [0.1, 0.15) is 50.2 Å². The van der Waals surface area contributed by atoms with Gasteiger partial charge in [-0.15, -0.1) is 0 Å². The Hall–Kier alpha value is -1.81. The van der Waals surface area contributed by atoms with Crippen molar-refractivity contribution >= 4 is 0 Å². The van der Waals surface area contributed by atoms with Crippen LogP contribution in [-0.4, -0.2) is 27.4 Å². The van der Waals surface area contributed by atoms with E-state index in [0.29, 0.717) is 24.6 Å². The second-order valence-electron chi connectivity index (χ2n) is 7.13. The first kappa shape index (κ1) is 17.0. The van der Waals surface area contributed by atoms with Gasteiger partial charge in [0.1, 0.15) is 6.17 Å². The lowest BCUT2D eigenvalue weighted by Crippen LogP contribution is -2.23. The van der Waals surface area contributed by atoms with E-state index in [0.717, 1.165) is 29.5 Å². The summed E-state index contributed by atoms with van der Waals surface area (Å²) in [5, 5.41) is 9.40. The molecule has 1 aromatic heterocycles. The Morgan fingerprint density at radius 1 is 1.17 bits per heavy atom. The van der Waals surface area contributed by atoms with Crippen LogP contribution in [0.15, 0.2) is 36.7 Å². The molecule has 0 aliphatic heterocycles. The van der Waals surface area contributed by atoms with Crippen molar-refractivity contribution in [1.29, 1.82) is 0 Å². The second kappa shape index (κ2) is 7.39. The van der Waals surface area contributed by atoms with Crippen LogP contribution >= 0.6 is 0 Å². The standard InChI is InChI=1S/C20H25FN2O/c1-13-3-8-18(19(21)9-13)16-4-6-17(7-5-16)20-22-11-15(12-23-20)10-14(2)24/h4-7,11-14,18-19,24H,3,8-10H2,1-2H3. The van der Waals surface area contributed by atoms with E-state index in [9.17, 15) is 9.50 Å². The number of halogens is 1. The average molecular weight is 328 g/mol. The van der Waals surface area contributed by atoms with Crippen molar-refractivity contribution in [2.45, 2.75) is 57.7 Å². The van der Waals surface area contributed by atoms with Crippen LogP contribution in [0.3, 0.4) is 0 Å². The van der Waals surface area contributed by atoms with E-state index in [1.165, 1.54) is 0 Å². The molecule has 4 heteroatoms. The molecule has 1 heterocycles. The first-order valence-electron chi connectivity index (χ1n) is 8.76. The monoisotopic (exact) mass is 328 g/mol. The molecule has 4 unspecified atom stereocenters. The van der Waals surface area contributed by atoms with E-state index >= 15 is 0 Å². The topological polar surface area (TPSA) is 46.0 Å². The first-order chi connectivity index (χ1) is 11.5. The Kier molecular flexibility index (Phi) is 5.24. The molecule has 2 aromatic rings. The van der Waals surface area contributed by atoms with Crippen molar-refractivity contribution in [1.82, 2.24) is 9.97 Å². The number of hydrogen-bond donors (Lipinski definition) is 1. The lowest BCUT2D eigenvalue weighted by atomic mass is 9.78. The predicted octanol–water partition coefficient (Wildman–Crippen LogP) is 4.31. The smallest absolute Gasteiger partial charge is 0.159 e. The third kappa shape index (κ3) is 3.99. The van der Waals surface area contributed by atoms with E-state index in [1.807, 2.05) is 24.3 Å². The fraction of sp³-hybridized carbons (Fsp3) is 0.500. The van der Waals surface area contributed by atoms with Crippen LogP contribution in [0.4, 0.5) is 4.39 Å². The fourth-order valence-electron chi connectivity index (χ4n) is 3.52. The van der Waals surface area contributed by atoms with Crippen LogP contribution in [0.25, 0.3) is 11.4 Å². The van der Waals surface area contributed by atoms with Gasteiger partial charge in [-0.3, -0.25) is 0 Å². The Balaban J connectivity index is 1.72. The highest BCUT2D eigenvalue weighted by Gasteiger charge is 2.29. The van der Waals surface area contributed by atoms with Gasteiger partial charge in [-0.25, -0.2) is 14.4 Å². The van der Waals surface area contributed by atoms with Gasteiger partial charge in [0.05, 0.1) is 6.10 Å². The number of rotatable bonds is 4. The SMILES string of the molecule is CC(O)Cc1cnc(-c2ccc(C3CCC(C)CC3F)cc2)nc1. The van der Waals surface area contributed by atoms with Crippen LogP contribution in [0.2, 0.25) is 0 Å². The summed E-state index contributed by atoms with van der Waals surface area (Å²) < 4.78 is 14.3. The van der Waals surface area contributed by atoms with Gasteiger partial charge in [-0.1, -0.05) is 31.2 Å². The van der Waals surface area contributed by atoms with Crippen molar-refractivity contribution in [3.8, 4) is 11.4 Å². The fourth-order valence-corrected chi connectivity index (χ4v) is 3.52. The third-order valence-corrected chi connectivity index (χ3v) is 4.87. The zero-order chi connectivity index (χ0) is 17.1. The summed E-state index contributed by atoms with van der Waals surface area (Å²) in [7, 11) is 0. The minimum atomic E-state index is -0.740. The van der Waals surface area contributed by atoms with Gasteiger partial charge in [0.25, 0.3) is 0 Å². The minimum absolute atomic E-state index is 0.0181. The molecule has 0 amide bonds. The summed E-state index contributed by atoms with van der Waals surface area (Å²) in [6.45, 7) is 3.88. The molecular formula is C20H25FN2O. The average Bonchev–Trinajstić information content (AvgIpc) is 2.55. The lowest BCUT2D eigenvalue weighted by Gasteiger charge is -2.30. The largest absolute Gasteiger partial charge is 0.393 e. The van der Waals surface area contributed by atoms with Crippen molar-refractivity contribution in [2.24, 2.45) is 5.92 Å². The first-order valence-corrected chi connectivity index (χ1v) is 8.76. The van der Waals surface area contributed by atoms with E-state index < -0.39 is 12.3 Å². The normalized spacial score (nSPS) is 25.4. The minimum Gasteiger partial charge on any atom is -0.393 e. The number of benzene rings is 1. The van der Waals surface area contributed by atoms with E-state index in [4.69, 9.17) is 0 Å². The van der Waals surface area contributed by atoms with Crippen LogP contribution in [0.5, 0.6) is 0 Å². The summed E-state index contributed by atoms with van der Waals surface area (Å²) in [6.07, 6.45) is 5.61. The number of alkyl halides is 1. The second-order valence-corrected chi connectivity index (χ2v) is 7.13. The van der Waals surface area contributed by atoms with Gasteiger partial charge in [0, 0.05) is 30.3 Å². The van der Waals surface area contributed by atoms with Gasteiger partial charge >= 0.3 is 0 Å². The maximum Gasteiger partial charge on any atom is 0.159 e. The highest BCUT2D eigenvalue weighted by atomic mass is 19.1. The highest BCUT2D eigenvalue weighted by Crippen LogP contribution is 2.38. The van der Waals surface area contributed by atoms with Crippen LogP contribution in [0, 0.1) is 5.92 Å². The maximum absolute atomic E-state index is 14.3. The highest BCUT2D eigenvalue weighted by molar-refractivity contribution is 5.55. The summed E-state index contributed by atoms with van der Waals surface area (Å²) in [5.41, 5.74) is 2.92. The van der Waals surface area contributed by atoms with Crippen molar-refractivity contribution in [2.75, 3.05) is 0 Å². The Labute approximate surface area is 143 Å². The molecule has 3 nitrogen and oxygen atoms in total. The molecule has 1 aliphatic rings. The zero-order valence-electron chi connectivity index (χ0n) is 14.3. The molecule has 1 saturated carbocycles. The van der Waals surface area contributed by atoms with E-state index in [2.05, 4.69) is 16.9 Å². The van der Waals surface area contributed by atoms with Gasteiger partial charge in [0.2, 0.25) is 0 Å². The number of aliphatic hydroxyl groups is 1. The van der Waals surface area contributed by atoms with Crippen molar-refractivity contribution < 1.29 is 9.50 Å². The molecule has 0 bridgehead atoms. The van der Waals surface area contributed by atoms with Gasteiger partial charge in [-0.2, -0.15) is 0 Å².